The van der Waals surface area contributed by atoms with Gasteiger partial charge in [0.05, 0.1) is 6.61 Å². The van der Waals surface area contributed by atoms with E-state index in [4.69, 9.17) is 4.74 Å². The van der Waals surface area contributed by atoms with Gasteiger partial charge in [-0.05, 0) is 19.3 Å². The van der Waals surface area contributed by atoms with Crippen LogP contribution in [-0.4, -0.2) is 22.6 Å². The first kappa shape index (κ1) is 13.1. The van der Waals surface area contributed by atoms with E-state index in [-0.39, 0.29) is 0 Å². The predicted octanol–water partition coefficient (Wildman–Crippen LogP) is 3.40. The van der Waals surface area contributed by atoms with E-state index in [2.05, 4.69) is 22.2 Å². The van der Waals surface area contributed by atoms with Crippen LogP contribution in [0, 0.1) is 0 Å². The minimum Gasteiger partial charge on any atom is -0.478 e. The minimum atomic E-state index is 0.567. The highest BCUT2D eigenvalue weighted by Gasteiger charge is 2.13. The Morgan fingerprint density at radius 2 is 2.11 bits per heavy atom. The molecule has 0 spiro atoms. The quantitative estimate of drug-likeness (QED) is 0.785. The number of rotatable bonds is 6. The van der Waals surface area contributed by atoms with Crippen molar-refractivity contribution in [3.8, 4) is 5.88 Å². The molecule has 1 aromatic heterocycles. The zero-order valence-corrected chi connectivity index (χ0v) is 11.2. The maximum Gasteiger partial charge on any atom is 0.218 e. The van der Waals surface area contributed by atoms with E-state index in [1.54, 1.807) is 6.33 Å². The van der Waals surface area contributed by atoms with Crippen LogP contribution < -0.4 is 10.1 Å². The number of hydrogen-bond acceptors (Lipinski definition) is 4. The van der Waals surface area contributed by atoms with Crippen LogP contribution in [0.4, 0.5) is 5.82 Å². The molecule has 0 atom stereocenters. The Balaban J connectivity index is 1.85. The molecule has 1 saturated carbocycles. The molecular formula is C14H23N3O. The lowest BCUT2D eigenvalue weighted by Crippen LogP contribution is -2.22. The maximum atomic E-state index is 5.59. The highest BCUT2D eigenvalue weighted by Crippen LogP contribution is 2.21. The van der Waals surface area contributed by atoms with Gasteiger partial charge >= 0.3 is 0 Å². The Morgan fingerprint density at radius 3 is 2.89 bits per heavy atom. The summed E-state index contributed by atoms with van der Waals surface area (Å²) in [6.07, 6.45) is 10.3. The van der Waals surface area contributed by atoms with Crippen molar-refractivity contribution in [1.29, 1.82) is 0 Å². The molecule has 18 heavy (non-hydrogen) atoms. The van der Waals surface area contributed by atoms with Crippen LogP contribution >= 0.6 is 0 Å². The number of ether oxygens (including phenoxy) is 1. The molecule has 1 heterocycles. The van der Waals surface area contributed by atoms with E-state index >= 15 is 0 Å². The molecule has 0 radical (unpaired) electrons. The summed E-state index contributed by atoms with van der Waals surface area (Å²) in [5.74, 6) is 1.57. The standard InChI is InChI=1S/C14H23N3O/c1-2-3-9-18-14-10-13(15-11-16-14)17-12-7-5-4-6-8-12/h10-12H,2-9H2,1H3,(H,15,16,17). The zero-order chi connectivity index (χ0) is 12.6. The maximum absolute atomic E-state index is 5.59. The molecule has 4 heteroatoms. The van der Waals surface area contributed by atoms with E-state index in [1.807, 2.05) is 6.07 Å². The van der Waals surface area contributed by atoms with E-state index < -0.39 is 0 Å². The van der Waals surface area contributed by atoms with Gasteiger partial charge in [0.1, 0.15) is 12.1 Å². The fraction of sp³-hybridized carbons (Fsp3) is 0.714. The van der Waals surface area contributed by atoms with Crippen molar-refractivity contribution in [3.63, 3.8) is 0 Å². The molecule has 0 unspecified atom stereocenters. The molecule has 1 aliphatic carbocycles. The van der Waals surface area contributed by atoms with Crippen molar-refractivity contribution in [1.82, 2.24) is 9.97 Å². The zero-order valence-electron chi connectivity index (χ0n) is 11.2. The highest BCUT2D eigenvalue weighted by molar-refractivity contribution is 5.38. The van der Waals surface area contributed by atoms with Gasteiger partial charge in [0.25, 0.3) is 0 Å². The van der Waals surface area contributed by atoms with Crippen LogP contribution in [0.2, 0.25) is 0 Å². The van der Waals surface area contributed by atoms with Crippen molar-refractivity contribution in [2.24, 2.45) is 0 Å². The average molecular weight is 249 g/mol. The van der Waals surface area contributed by atoms with Crippen molar-refractivity contribution in [2.75, 3.05) is 11.9 Å². The summed E-state index contributed by atoms with van der Waals surface area (Å²) in [4.78, 5) is 8.39. The molecule has 1 aromatic rings. The van der Waals surface area contributed by atoms with Crippen LogP contribution in [0.3, 0.4) is 0 Å². The third-order valence-electron chi connectivity index (χ3n) is 3.35. The van der Waals surface area contributed by atoms with Gasteiger partial charge in [-0.25, -0.2) is 9.97 Å². The lowest BCUT2D eigenvalue weighted by molar-refractivity contribution is 0.297. The van der Waals surface area contributed by atoms with Gasteiger partial charge in [-0.15, -0.1) is 0 Å². The topological polar surface area (TPSA) is 47.0 Å². The van der Waals surface area contributed by atoms with E-state index in [1.165, 1.54) is 32.1 Å². The smallest absolute Gasteiger partial charge is 0.218 e. The van der Waals surface area contributed by atoms with Gasteiger partial charge < -0.3 is 10.1 Å². The van der Waals surface area contributed by atoms with E-state index in [9.17, 15) is 0 Å². The summed E-state index contributed by atoms with van der Waals surface area (Å²) in [6, 6.07) is 2.47. The Kier molecular flexibility index (Phi) is 5.24. The van der Waals surface area contributed by atoms with Gasteiger partial charge in [0.2, 0.25) is 5.88 Å². The molecule has 1 aliphatic rings. The van der Waals surface area contributed by atoms with Crippen LogP contribution in [0.5, 0.6) is 5.88 Å². The molecule has 4 nitrogen and oxygen atoms in total. The average Bonchev–Trinajstić information content (AvgIpc) is 2.41. The lowest BCUT2D eigenvalue weighted by Gasteiger charge is -2.23. The molecule has 0 bridgehead atoms. The van der Waals surface area contributed by atoms with Gasteiger partial charge in [-0.2, -0.15) is 0 Å². The van der Waals surface area contributed by atoms with E-state index in [0.717, 1.165) is 25.3 Å². The van der Waals surface area contributed by atoms with Crippen molar-refractivity contribution >= 4 is 5.82 Å². The normalized spacial score (nSPS) is 16.5. The summed E-state index contributed by atoms with van der Waals surface area (Å²) >= 11 is 0. The Labute approximate surface area is 109 Å². The SMILES string of the molecule is CCCCOc1cc(NC2CCCCC2)ncn1. The van der Waals surface area contributed by atoms with Crippen molar-refractivity contribution in [3.05, 3.63) is 12.4 Å². The summed E-state index contributed by atoms with van der Waals surface area (Å²) in [7, 11) is 0. The number of nitrogens with one attached hydrogen (secondary N) is 1. The molecule has 0 saturated heterocycles. The van der Waals surface area contributed by atoms with Gasteiger partial charge in [-0.1, -0.05) is 32.6 Å². The number of hydrogen-bond donors (Lipinski definition) is 1. The van der Waals surface area contributed by atoms with Gasteiger partial charge in [0, 0.05) is 12.1 Å². The Morgan fingerprint density at radius 1 is 1.28 bits per heavy atom. The fourth-order valence-electron chi connectivity index (χ4n) is 2.27. The first-order valence-electron chi connectivity index (χ1n) is 7.10. The van der Waals surface area contributed by atoms with Gasteiger partial charge in [-0.3, -0.25) is 0 Å². The first-order chi connectivity index (χ1) is 8.88. The van der Waals surface area contributed by atoms with Crippen LogP contribution in [0.25, 0.3) is 0 Å². The number of unbranched alkanes of at least 4 members (excludes halogenated alkanes) is 1. The van der Waals surface area contributed by atoms with Gasteiger partial charge in [0.15, 0.2) is 0 Å². The molecule has 1 fully saturated rings. The second-order valence-corrected chi connectivity index (χ2v) is 4.92. The molecule has 1 N–H and O–H groups in total. The fourth-order valence-corrected chi connectivity index (χ4v) is 2.27. The third-order valence-corrected chi connectivity index (χ3v) is 3.35. The van der Waals surface area contributed by atoms with Crippen LogP contribution in [0.1, 0.15) is 51.9 Å². The van der Waals surface area contributed by atoms with Crippen molar-refractivity contribution in [2.45, 2.75) is 57.9 Å². The summed E-state index contributed by atoms with van der Waals surface area (Å²) in [5, 5.41) is 3.48. The highest BCUT2D eigenvalue weighted by atomic mass is 16.5. The predicted molar refractivity (Wildman–Crippen MR) is 72.9 cm³/mol. The monoisotopic (exact) mass is 249 g/mol. The van der Waals surface area contributed by atoms with Crippen molar-refractivity contribution < 1.29 is 4.74 Å². The summed E-state index contributed by atoms with van der Waals surface area (Å²) in [5.41, 5.74) is 0. The molecule has 2 rings (SSSR count). The Bertz CT molecular complexity index is 351. The molecule has 100 valence electrons. The molecule has 0 amide bonds. The summed E-state index contributed by atoms with van der Waals surface area (Å²) in [6.45, 7) is 2.88. The van der Waals surface area contributed by atoms with Crippen LogP contribution in [-0.2, 0) is 0 Å². The lowest BCUT2D eigenvalue weighted by atomic mass is 9.95. The Hall–Kier alpha value is -1.32. The molecule has 0 aromatic carbocycles. The largest absolute Gasteiger partial charge is 0.478 e. The van der Waals surface area contributed by atoms with E-state index in [0.29, 0.717) is 11.9 Å². The second-order valence-electron chi connectivity index (χ2n) is 4.92. The minimum absolute atomic E-state index is 0.567. The van der Waals surface area contributed by atoms with Crippen LogP contribution in [0.15, 0.2) is 12.4 Å². The number of nitrogens with zero attached hydrogens (tertiary/aromatic N) is 2. The first-order valence-corrected chi connectivity index (χ1v) is 7.10. The number of anilines is 1. The number of aromatic nitrogens is 2. The third kappa shape index (κ3) is 4.17. The molecular weight excluding hydrogens is 226 g/mol. The second kappa shape index (κ2) is 7.19. The molecule has 0 aliphatic heterocycles. The summed E-state index contributed by atoms with van der Waals surface area (Å²) < 4.78 is 5.59.